The summed E-state index contributed by atoms with van der Waals surface area (Å²) in [6.45, 7) is 0. The fourth-order valence-corrected chi connectivity index (χ4v) is 3.05. The van der Waals surface area contributed by atoms with Crippen LogP contribution in [-0.4, -0.2) is 32.3 Å². The minimum atomic E-state index is -0.122. The molecule has 0 aliphatic carbocycles. The Morgan fingerprint density at radius 3 is 2.36 bits per heavy atom. The highest BCUT2D eigenvalue weighted by Crippen LogP contribution is 2.29. The zero-order valence-corrected chi connectivity index (χ0v) is 15.1. The molecule has 1 N–H and O–H groups in total. The summed E-state index contributed by atoms with van der Waals surface area (Å²) in [5, 5.41) is 2.68. The van der Waals surface area contributed by atoms with Gasteiger partial charge in [-0.1, -0.05) is 12.1 Å². The summed E-state index contributed by atoms with van der Waals surface area (Å²) in [5.74, 6) is 1.34. The average Bonchev–Trinajstić information content (AvgIpc) is 2.95. The van der Waals surface area contributed by atoms with Gasteiger partial charge in [0, 0.05) is 19.8 Å². The highest BCUT2D eigenvalue weighted by Gasteiger charge is 2.23. The lowest BCUT2D eigenvalue weighted by Crippen LogP contribution is -2.18. The maximum Gasteiger partial charge on any atom is 0.289 e. The van der Waals surface area contributed by atoms with E-state index in [1.54, 1.807) is 7.11 Å². The van der Waals surface area contributed by atoms with Crippen LogP contribution < -0.4 is 15.0 Å². The molecule has 1 saturated heterocycles. The summed E-state index contributed by atoms with van der Waals surface area (Å²) in [6.07, 6.45) is 1.96. The average molecular weight is 353 g/mol. The largest absolute Gasteiger partial charge is 0.497 e. The number of rotatable bonds is 4. The number of ether oxygens (including phenoxy) is 1. The van der Waals surface area contributed by atoms with Crippen LogP contribution in [0.25, 0.3) is 6.08 Å². The Bertz CT molecular complexity index is 825. The van der Waals surface area contributed by atoms with Gasteiger partial charge in [0.15, 0.2) is 0 Å². The number of carbonyl (C=O) groups is 1. The molecule has 1 amide bonds. The summed E-state index contributed by atoms with van der Waals surface area (Å²) in [6, 6.07) is 15.5. The molecule has 0 aromatic heterocycles. The molecule has 128 valence electrons. The number of thioether (sulfide) groups is 1. The molecule has 1 heterocycles. The van der Waals surface area contributed by atoms with E-state index in [4.69, 9.17) is 4.74 Å². The molecule has 1 aliphatic rings. The Labute approximate surface area is 151 Å². The predicted octanol–water partition coefficient (Wildman–Crippen LogP) is 4.29. The van der Waals surface area contributed by atoms with Crippen LogP contribution in [-0.2, 0) is 0 Å². The van der Waals surface area contributed by atoms with E-state index in [2.05, 4.69) is 10.3 Å². The van der Waals surface area contributed by atoms with E-state index < -0.39 is 0 Å². The Morgan fingerprint density at radius 1 is 1.08 bits per heavy atom. The van der Waals surface area contributed by atoms with Gasteiger partial charge in [0.2, 0.25) is 0 Å². The fourth-order valence-electron chi connectivity index (χ4n) is 2.32. The molecule has 3 rings (SSSR count). The maximum atomic E-state index is 11.8. The van der Waals surface area contributed by atoms with Gasteiger partial charge in [-0.05, 0) is 59.8 Å². The highest BCUT2D eigenvalue weighted by atomic mass is 32.2. The molecule has 0 bridgehead atoms. The van der Waals surface area contributed by atoms with Gasteiger partial charge in [0.1, 0.15) is 11.6 Å². The zero-order valence-electron chi connectivity index (χ0n) is 14.3. The lowest BCUT2D eigenvalue weighted by atomic mass is 10.2. The number of amidine groups is 1. The minimum absolute atomic E-state index is 0.122. The minimum Gasteiger partial charge on any atom is -0.497 e. The molecule has 1 aliphatic heterocycles. The van der Waals surface area contributed by atoms with Crippen LogP contribution in [0.5, 0.6) is 5.75 Å². The van der Waals surface area contributed by atoms with Crippen molar-refractivity contribution in [1.82, 2.24) is 5.32 Å². The van der Waals surface area contributed by atoms with Crippen LogP contribution in [0.15, 0.2) is 58.4 Å². The molecule has 0 unspecified atom stereocenters. The van der Waals surface area contributed by atoms with Crippen molar-refractivity contribution < 1.29 is 9.53 Å². The third-order valence-corrected chi connectivity index (χ3v) is 4.50. The molecule has 0 saturated carbocycles. The number of nitrogens with zero attached hydrogens (tertiary/aromatic N) is 2. The Balaban J connectivity index is 1.87. The number of anilines is 1. The van der Waals surface area contributed by atoms with Gasteiger partial charge < -0.3 is 15.0 Å². The van der Waals surface area contributed by atoms with Crippen LogP contribution in [0.2, 0.25) is 0 Å². The molecular formula is C19H19N3O2S. The molecular weight excluding hydrogens is 334 g/mol. The third kappa shape index (κ3) is 4.22. The van der Waals surface area contributed by atoms with E-state index in [0.29, 0.717) is 5.84 Å². The predicted molar refractivity (Wildman–Crippen MR) is 105 cm³/mol. The first kappa shape index (κ1) is 17.1. The van der Waals surface area contributed by atoms with E-state index in [9.17, 15) is 4.79 Å². The summed E-state index contributed by atoms with van der Waals surface area (Å²) in [7, 11) is 5.63. The van der Waals surface area contributed by atoms with Crippen LogP contribution >= 0.6 is 11.8 Å². The Morgan fingerprint density at radius 2 is 1.76 bits per heavy atom. The quantitative estimate of drug-likeness (QED) is 0.891. The summed E-state index contributed by atoms with van der Waals surface area (Å²) in [5.41, 5.74) is 2.90. The molecule has 1 fully saturated rings. The fraction of sp³-hybridized carbons (Fsp3) is 0.158. The monoisotopic (exact) mass is 353 g/mol. The molecule has 0 atom stereocenters. The number of methoxy groups -OCH3 is 1. The van der Waals surface area contributed by atoms with Crippen molar-refractivity contribution in [3.05, 3.63) is 59.0 Å². The second kappa shape index (κ2) is 7.44. The van der Waals surface area contributed by atoms with Crippen molar-refractivity contribution in [2.24, 2.45) is 4.99 Å². The third-order valence-electron chi connectivity index (χ3n) is 3.68. The van der Waals surface area contributed by atoms with Crippen LogP contribution in [0.4, 0.5) is 16.2 Å². The number of aliphatic imine (C=N–C) groups is 1. The van der Waals surface area contributed by atoms with Gasteiger partial charge in [-0.2, -0.15) is 0 Å². The van der Waals surface area contributed by atoms with Crippen molar-refractivity contribution in [2.45, 2.75) is 0 Å². The van der Waals surface area contributed by atoms with Gasteiger partial charge in [0.25, 0.3) is 5.24 Å². The maximum absolute atomic E-state index is 11.8. The number of hydrogen-bond donors (Lipinski definition) is 1. The van der Waals surface area contributed by atoms with E-state index in [1.165, 1.54) is 0 Å². The van der Waals surface area contributed by atoms with Crippen LogP contribution in [0.3, 0.4) is 0 Å². The topological polar surface area (TPSA) is 53.9 Å². The highest BCUT2D eigenvalue weighted by molar-refractivity contribution is 8.18. The van der Waals surface area contributed by atoms with Gasteiger partial charge in [0.05, 0.1) is 17.7 Å². The Hall–Kier alpha value is -2.73. The second-order valence-electron chi connectivity index (χ2n) is 5.67. The van der Waals surface area contributed by atoms with Crippen molar-refractivity contribution in [1.29, 1.82) is 0 Å². The van der Waals surface area contributed by atoms with E-state index >= 15 is 0 Å². The first-order valence-corrected chi connectivity index (χ1v) is 8.58. The van der Waals surface area contributed by atoms with E-state index in [-0.39, 0.29) is 5.24 Å². The first-order valence-electron chi connectivity index (χ1n) is 7.76. The first-order chi connectivity index (χ1) is 12.0. The zero-order chi connectivity index (χ0) is 17.8. The normalized spacial score (nSPS) is 17.0. The van der Waals surface area contributed by atoms with Gasteiger partial charge >= 0.3 is 0 Å². The van der Waals surface area contributed by atoms with E-state index in [0.717, 1.165) is 39.4 Å². The van der Waals surface area contributed by atoms with Gasteiger partial charge in [-0.3, -0.25) is 4.79 Å². The van der Waals surface area contributed by atoms with Gasteiger partial charge in [-0.25, -0.2) is 4.99 Å². The van der Waals surface area contributed by atoms with Crippen LogP contribution in [0, 0.1) is 0 Å². The van der Waals surface area contributed by atoms with Crippen molar-refractivity contribution in [3.63, 3.8) is 0 Å². The molecule has 0 radical (unpaired) electrons. The molecule has 0 spiro atoms. The summed E-state index contributed by atoms with van der Waals surface area (Å²) < 4.78 is 5.15. The lowest BCUT2D eigenvalue weighted by Gasteiger charge is -2.11. The number of amides is 1. The lowest BCUT2D eigenvalue weighted by molar-refractivity contribution is 0.265. The second-order valence-corrected chi connectivity index (χ2v) is 6.68. The Kier molecular flexibility index (Phi) is 5.09. The van der Waals surface area contributed by atoms with Crippen LogP contribution in [0.1, 0.15) is 5.56 Å². The summed E-state index contributed by atoms with van der Waals surface area (Å²) >= 11 is 1.15. The number of benzene rings is 2. The molecule has 5 nitrogen and oxygen atoms in total. The smallest absolute Gasteiger partial charge is 0.289 e. The van der Waals surface area contributed by atoms with Crippen molar-refractivity contribution >= 4 is 40.3 Å². The van der Waals surface area contributed by atoms with Crippen molar-refractivity contribution in [3.8, 4) is 5.75 Å². The SMILES string of the molecule is COc1ccc(N=C2NC(=O)S/C2=C/c2ccc(N(C)C)cc2)cc1. The number of nitrogens with one attached hydrogen (secondary N) is 1. The molecule has 2 aromatic rings. The molecule has 25 heavy (non-hydrogen) atoms. The number of hydrogen-bond acceptors (Lipinski definition) is 5. The van der Waals surface area contributed by atoms with Gasteiger partial charge in [-0.15, -0.1) is 0 Å². The standard InChI is InChI=1S/C19H19N3O2S/c1-22(2)15-8-4-13(5-9-15)12-17-18(21-19(23)25-17)20-14-6-10-16(24-3)11-7-14/h4-12H,1-3H3,(H,20,21,23)/b17-12+. The summed E-state index contributed by atoms with van der Waals surface area (Å²) in [4.78, 5) is 19.2. The van der Waals surface area contributed by atoms with Crippen molar-refractivity contribution in [2.75, 3.05) is 26.1 Å². The van der Waals surface area contributed by atoms with E-state index in [1.807, 2.05) is 73.6 Å². The molecule has 2 aromatic carbocycles. The number of carbonyl (C=O) groups excluding carboxylic acids is 1. The molecule has 6 heteroatoms.